The second-order valence-electron chi connectivity index (χ2n) is 6.62. The summed E-state index contributed by atoms with van der Waals surface area (Å²) in [6.07, 6.45) is 1.60. The van der Waals surface area contributed by atoms with Gasteiger partial charge in [-0.25, -0.2) is 9.97 Å². The molecule has 0 saturated carbocycles. The van der Waals surface area contributed by atoms with E-state index in [4.69, 9.17) is 4.74 Å². The predicted octanol–water partition coefficient (Wildman–Crippen LogP) is 3.19. The third-order valence-corrected chi connectivity index (χ3v) is 4.93. The Kier molecular flexibility index (Phi) is 6.30. The van der Waals surface area contributed by atoms with Gasteiger partial charge < -0.3 is 10.1 Å². The molecule has 0 saturated heterocycles. The molecule has 0 spiro atoms. The van der Waals surface area contributed by atoms with Crippen molar-refractivity contribution in [1.29, 1.82) is 0 Å². The van der Waals surface area contributed by atoms with Crippen LogP contribution in [0, 0.1) is 5.92 Å². The Morgan fingerprint density at radius 3 is 2.79 bits per heavy atom. The van der Waals surface area contributed by atoms with E-state index in [0.717, 1.165) is 0 Å². The first-order chi connectivity index (χ1) is 13.5. The first kappa shape index (κ1) is 19.9. The molecular weight excluding hydrogens is 376 g/mol. The Morgan fingerprint density at radius 1 is 1.25 bits per heavy atom. The molecule has 7 nitrogen and oxygen atoms in total. The zero-order valence-electron chi connectivity index (χ0n) is 16.0. The standard InChI is InChI=1S/C20H22N4O3S/c1-13(2)11-24-19(26)14-7-6-10-21-18(14)23-20(24)28-12-17(25)22-15-8-4-5-9-16(15)27-3/h4-10,13H,11-12H2,1-3H3,(H,22,25). The molecule has 0 bridgehead atoms. The third-order valence-electron chi connectivity index (χ3n) is 3.96. The summed E-state index contributed by atoms with van der Waals surface area (Å²) in [6, 6.07) is 10.6. The molecule has 0 aliphatic carbocycles. The highest BCUT2D eigenvalue weighted by Crippen LogP contribution is 2.24. The number of nitrogens with one attached hydrogen (secondary N) is 1. The molecule has 0 radical (unpaired) electrons. The van der Waals surface area contributed by atoms with Crippen LogP contribution in [0.4, 0.5) is 5.69 Å². The summed E-state index contributed by atoms with van der Waals surface area (Å²) in [5, 5.41) is 3.79. The average Bonchev–Trinajstić information content (AvgIpc) is 2.69. The van der Waals surface area contributed by atoms with Crippen molar-refractivity contribution in [2.45, 2.75) is 25.5 Å². The highest BCUT2D eigenvalue weighted by molar-refractivity contribution is 7.99. The van der Waals surface area contributed by atoms with Crippen molar-refractivity contribution >= 4 is 34.4 Å². The van der Waals surface area contributed by atoms with E-state index in [1.807, 2.05) is 26.0 Å². The van der Waals surface area contributed by atoms with Crippen LogP contribution in [0.15, 0.2) is 52.5 Å². The van der Waals surface area contributed by atoms with Crippen molar-refractivity contribution in [2.24, 2.45) is 5.92 Å². The minimum atomic E-state index is -0.207. The number of hydrogen-bond acceptors (Lipinski definition) is 6. The third kappa shape index (κ3) is 4.51. The van der Waals surface area contributed by atoms with Crippen LogP contribution >= 0.6 is 11.8 Å². The van der Waals surface area contributed by atoms with Crippen molar-refractivity contribution in [3.05, 3.63) is 52.9 Å². The average molecular weight is 398 g/mol. The van der Waals surface area contributed by atoms with E-state index in [0.29, 0.717) is 34.2 Å². The molecule has 1 aromatic carbocycles. The number of benzene rings is 1. The molecular formula is C20H22N4O3S. The van der Waals surface area contributed by atoms with Crippen LogP contribution in [-0.4, -0.2) is 33.3 Å². The number of thioether (sulfide) groups is 1. The molecule has 0 aliphatic rings. The fraction of sp³-hybridized carbons (Fsp3) is 0.300. The van der Waals surface area contributed by atoms with Gasteiger partial charge in [0, 0.05) is 12.7 Å². The number of carbonyl (C=O) groups excluding carboxylic acids is 1. The number of aromatic nitrogens is 3. The molecule has 3 aromatic rings. The molecule has 2 heterocycles. The number of ether oxygens (including phenoxy) is 1. The van der Waals surface area contributed by atoms with Crippen LogP contribution < -0.4 is 15.6 Å². The number of fused-ring (bicyclic) bond motifs is 1. The fourth-order valence-corrected chi connectivity index (χ4v) is 3.53. The number of rotatable bonds is 7. The normalized spacial score (nSPS) is 11.0. The highest BCUT2D eigenvalue weighted by Gasteiger charge is 2.15. The van der Waals surface area contributed by atoms with Crippen molar-refractivity contribution < 1.29 is 9.53 Å². The van der Waals surface area contributed by atoms with Gasteiger partial charge in [0.1, 0.15) is 5.75 Å². The van der Waals surface area contributed by atoms with Gasteiger partial charge in [0.25, 0.3) is 5.56 Å². The van der Waals surface area contributed by atoms with Crippen molar-refractivity contribution in [3.63, 3.8) is 0 Å². The summed E-state index contributed by atoms with van der Waals surface area (Å²) in [7, 11) is 1.55. The lowest BCUT2D eigenvalue weighted by atomic mass is 10.2. The number of amides is 1. The summed E-state index contributed by atoms with van der Waals surface area (Å²) < 4.78 is 6.87. The minimum absolute atomic E-state index is 0.112. The number of carbonyl (C=O) groups is 1. The number of hydrogen-bond donors (Lipinski definition) is 1. The minimum Gasteiger partial charge on any atom is -0.495 e. The molecule has 0 unspecified atom stereocenters. The number of para-hydroxylation sites is 2. The zero-order valence-corrected chi connectivity index (χ0v) is 16.8. The van der Waals surface area contributed by atoms with Crippen LogP contribution in [-0.2, 0) is 11.3 Å². The van der Waals surface area contributed by atoms with Crippen molar-refractivity contribution in [3.8, 4) is 5.75 Å². The van der Waals surface area contributed by atoms with Gasteiger partial charge in [0.15, 0.2) is 10.8 Å². The van der Waals surface area contributed by atoms with Crippen LogP contribution in [0.2, 0.25) is 0 Å². The van der Waals surface area contributed by atoms with Gasteiger partial charge in [-0.2, -0.15) is 0 Å². The first-order valence-corrected chi connectivity index (χ1v) is 9.89. The Balaban J connectivity index is 1.83. The Bertz CT molecular complexity index is 1050. The zero-order chi connectivity index (χ0) is 20.1. The molecule has 0 fully saturated rings. The van der Waals surface area contributed by atoms with E-state index in [1.54, 1.807) is 42.1 Å². The van der Waals surface area contributed by atoms with Crippen LogP contribution in [0.1, 0.15) is 13.8 Å². The van der Waals surface area contributed by atoms with Crippen LogP contribution in [0.5, 0.6) is 5.75 Å². The Hall–Kier alpha value is -2.87. The van der Waals surface area contributed by atoms with Crippen LogP contribution in [0.3, 0.4) is 0 Å². The summed E-state index contributed by atoms with van der Waals surface area (Å²) in [6.45, 7) is 4.58. The van der Waals surface area contributed by atoms with Gasteiger partial charge in [0.2, 0.25) is 5.91 Å². The maximum atomic E-state index is 12.9. The lowest BCUT2D eigenvalue weighted by Crippen LogP contribution is -2.26. The quantitative estimate of drug-likeness (QED) is 0.486. The van der Waals surface area contributed by atoms with Gasteiger partial charge in [0.05, 0.1) is 23.9 Å². The van der Waals surface area contributed by atoms with Gasteiger partial charge in [-0.1, -0.05) is 37.7 Å². The summed E-state index contributed by atoms with van der Waals surface area (Å²) in [5.41, 5.74) is 0.850. The van der Waals surface area contributed by atoms with Crippen molar-refractivity contribution in [1.82, 2.24) is 14.5 Å². The largest absolute Gasteiger partial charge is 0.495 e. The van der Waals surface area contributed by atoms with E-state index < -0.39 is 0 Å². The summed E-state index contributed by atoms with van der Waals surface area (Å²) in [4.78, 5) is 34.0. The fourth-order valence-electron chi connectivity index (χ4n) is 2.74. The van der Waals surface area contributed by atoms with Gasteiger partial charge in [-0.15, -0.1) is 0 Å². The Labute approximate surface area is 167 Å². The van der Waals surface area contributed by atoms with Gasteiger partial charge in [-0.3, -0.25) is 14.2 Å². The summed E-state index contributed by atoms with van der Waals surface area (Å²) in [5.74, 6) is 0.753. The lowest BCUT2D eigenvalue weighted by Gasteiger charge is -2.14. The molecule has 3 rings (SSSR count). The lowest BCUT2D eigenvalue weighted by molar-refractivity contribution is -0.113. The van der Waals surface area contributed by atoms with Gasteiger partial charge >= 0.3 is 0 Å². The molecule has 2 aromatic heterocycles. The predicted molar refractivity (Wildman–Crippen MR) is 111 cm³/mol. The van der Waals surface area contributed by atoms with E-state index in [9.17, 15) is 9.59 Å². The van der Waals surface area contributed by atoms with Gasteiger partial charge in [-0.05, 0) is 30.2 Å². The number of methoxy groups -OCH3 is 1. The molecule has 8 heteroatoms. The van der Waals surface area contributed by atoms with E-state index in [2.05, 4.69) is 15.3 Å². The maximum Gasteiger partial charge on any atom is 0.263 e. The van der Waals surface area contributed by atoms with E-state index in [-0.39, 0.29) is 23.1 Å². The van der Waals surface area contributed by atoms with Crippen molar-refractivity contribution in [2.75, 3.05) is 18.2 Å². The number of pyridine rings is 1. The van der Waals surface area contributed by atoms with E-state index in [1.165, 1.54) is 11.8 Å². The first-order valence-electron chi connectivity index (χ1n) is 8.91. The topological polar surface area (TPSA) is 86.1 Å². The number of nitrogens with zero attached hydrogens (tertiary/aromatic N) is 3. The van der Waals surface area contributed by atoms with E-state index >= 15 is 0 Å². The molecule has 0 aliphatic heterocycles. The molecule has 1 N–H and O–H groups in total. The SMILES string of the molecule is COc1ccccc1NC(=O)CSc1nc2ncccc2c(=O)n1CC(C)C. The smallest absolute Gasteiger partial charge is 0.263 e. The molecule has 1 amide bonds. The monoisotopic (exact) mass is 398 g/mol. The number of anilines is 1. The molecule has 0 atom stereocenters. The van der Waals surface area contributed by atoms with Crippen LogP contribution in [0.25, 0.3) is 11.0 Å². The Morgan fingerprint density at radius 2 is 2.04 bits per heavy atom. The highest BCUT2D eigenvalue weighted by atomic mass is 32.2. The second kappa shape index (κ2) is 8.88. The molecule has 146 valence electrons. The molecule has 28 heavy (non-hydrogen) atoms. The maximum absolute atomic E-state index is 12.9. The summed E-state index contributed by atoms with van der Waals surface area (Å²) >= 11 is 1.22. The second-order valence-corrected chi connectivity index (χ2v) is 7.56.